The first kappa shape index (κ1) is 33.1. The van der Waals surface area contributed by atoms with Crippen molar-refractivity contribution >= 4 is 23.9 Å². The number of carbonyl (C=O) groups is 4. The Morgan fingerprint density at radius 1 is 0.511 bits per heavy atom. The van der Waals surface area contributed by atoms with E-state index in [0.29, 0.717) is 11.1 Å². The van der Waals surface area contributed by atoms with Crippen molar-refractivity contribution in [3.05, 3.63) is 144 Å². The van der Waals surface area contributed by atoms with Gasteiger partial charge in [0, 0.05) is 0 Å². The minimum absolute atomic E-state index is 0.255. The van der Waals surface area contributed by atoms with Crippen molar-refractivity contribution < 1.29 is 47.6 Å². The Balaban J connectivity index is 1.44. The van der Waals surface area contributed by atoms with Crippen LogP contribution in [0.2, 0.25) is 0 Å². The second kappa shape index (κ2) is 15.3. The topological polar surface area (TPSA) is 124 Å². The van der Waals surface area contributed by atoms with Gasteiger partial charge in [0.15, 0.2) is 18.0 Å². The predicted molar refractivity (Wildman–Crippen MR) is 169 cm³/mol. The lowest BCUT2D eigenvalue weighted by molar-refractivity contribution is -0.164. The van der Waals surface area contributed by atoms with Gasteiger partial charge in [0.2, 0.25) is 0 Å². The number of benzene rings is 4. The Bertz CT molecular complexity index is 1520. The van der Waals surface area contributed by atoms with E-state index in [1.807, 2.05) is 0 Å². The Kier molecular flexibility index (Phi) is 10.8. The van der Waals surface area contributed by atoms with Gasteiger partial charge < -0.3 is 28.4 Å². The highest BCUT2D eigenvalue weighted by Crippen LogP contribution is 2.35. The molecular weight excluding hydrogens is 604 g/mol. The maximum atomic E-state index is 13.3. The Morgan fingerprint density at radius 3 is 1.09 bits per heavy atom. The van der Waals surface area contributed by atoms with Crippen molar-refractivity contribution in [1.29, 1.82) is 0 Å². The quantitative estimate of drug-likeness (QED) is 0.142. The molecule has 10 nitrogen and oxygen atoms in total. The zero-order valence-electron chi connectivity index (χ0n) is 25.9. The number of hydrogen-bond donors (Lipinski definition) is 0. The van der Waals surface area contributed by atoms with E-state index < -0.39 is 67.3 Å². The van der Waals surface area contributed by atoms with Crippen LogP contribution in [0.1, 0.15) is 55.3 Å². The number of esters is 4. The molecular formula is C37H34O10. The van der Waals surface area contributed by atoms with E-state index in [9.17, 15) is 19.2 Å². The van der Waals surface area contributed by atoms with Crippen molar-refractivity contribution in [2.24, 2.45) is 0 Å². The summed E-state index contributed by atoms with van der Waals surface area (Å²) in [6.07, 6.45) is -4.73. The summed E-state index contributed by atoms with van der Waals surface area (Å²) in [7, 11) is 0. The Morgan fingerprint density at radius 2 is 0.787 bits per heavy atom. The molecule has 47 heavy (non-hydrogen) atoms. The number of carbonyl (C=O) groups excluding carboxylic acids is 4. The Labute approximate surface area is 272 Å². The van der Waals surface area contributed by atoms with Gasteiger partial charge in [-0.15, -0.1) is 0 Å². The van der Waals surface area contributed by atoms with Crippen LogP contribution in [0.3, 0.4) is 0 Å². The molecule has 4 atom stereocenters. The van der Waals surface area contributed by atoms with Crippen LogP contribution in [0.5, 0.6) is 0 Å². The van der Waals surface area contributed by atoms with Gasteiger partial charge in [-0.3, -0.25) is 0 Å². The van der Waals surface area contributed by atoms with Crippen LogP contribution >= 0.6 is 0 Å². The van der Waals surface area contributed by atoms with E-state index in [1.54, 1.807) is 135 Å². The molecule has 0 N–H and O–H groups in total. The number of ether oxygens (including phenoxy) is 6. The number of rotatable bonds is 12. The van der Waals surface area contributed by atoms with Gasteiger partial charge in [-0.25, -0.2) is 19.2 Å². The summed E-state index contributed by atoms with van der Waals surface area (Å²) in [5.41, 5.74) is 1.10. The van der Waals surface area contributed by atoms with Gasteiger partial charge in [-0.1, -0.05) is 72.8 Å². The zero-order valence-corrected chi connectivity index (χ0v) is 25.9. The van der Waals surface area contributed by atoms with Crippen molar-refractivity contribution in [3.8, 4) is 0 Å². The maximum Gasteiger partial charge on any atom is 0.338 e. The second-order valence-electron chi connectivity index (χ2n) is 11.1. The van der Waals surface area contributed by atoms with Crippen LogP contribution in [-0.4, -0.2) is 67.3 Å². The molecule has 1 fully saturated rings. The van der Waals surface area contributed by atoms with Crippen LogP contribution in [0.15, 0.2) is 121 Å². The summed E-state index contributed by atoms with van der Waals surface area (Å²) in [5, 5.41) is 0. The summed E-state index contributed by atoms with van der Waals surface area (Å²) in [6.45, 7) is 2.43. The van der Waals surface area contributed by atoms with E-state index in [1.165, 1.54) is 0 Å². The van der Waals surface area contributed by atoms with E-state index in [4.69, 9.17) is 28.4 Å². The molecule has 0 amide bonds. The average Bonchev–Trinajstić information content (AvgIpc) is 3.44. The van der Waals surface area contributed by atoms with Gasteiger partial charge in [0.1, 0.15) is 25.4 Å². The monoisotopic (exact) mass is 638 g/mol. The highest BCUT2D eigenvalue weighted by Gasteiger charge is 2.52. The van der Waals surface area contributed by atoms with Crippen LogP contribution in [-0.2, 0) is 28.4 Å². The molecule has 1 aliphatic heterocycles. The van der Waals surface area contributed by atoms with Gasteiger partial charge >= 0.3 is 23.9 Å². The fourth-order valence-corrected chi connectivity index (χ4v) is 4.97. The smallest absolute Gasteiger partial charge is 0.338 e. The summed E-state index contributed by atoms with van der Waals surface area (Å²) in [4.78, 5) is 52.4. The average molecular weight is 639 g/mol. The molecule has 0 saturated carbocycles. The summed E-state index contributed by atoms with van der Waals surface area (Å²) in [5.74, 6) is -3.97. The molecule has 0 radical (unpaired) electrons. The molecule has 242 valence electrons. The molecule has 0 aliphatic carbocycles. The van der Waals surface area contributed by atoms with Gasteiger partial charge in [-0.05, 0) is 62.4 Å². The highest BCUT2D eigenvalue weighted by atomic mass is 16.8. The third-order valence-electron chi connectivity index (χ3n) is 7.21. The van der Waals surface area contributed by atoms with E-state index >= 15 is 0 Å². The van der Waals surface area contributed by atoms with Crippen molar-refractivity contribution in [1.82, 2.24) is 0 Å². The lowest BCUT2D eigenvalue weighted by Crippen LogP contribution is -2.49. The minimum atomic E-state index is -1.27. The normalized spacial score (nSPS) is 17.9. The van der Waals surface area contributed by atoms with Crippen molar-refractivity contribution in [2.75, 3.05) is 13.2 Å². The SMILES string of the molecule is CC1(C)O[C@@H]([C@@H](COC(=O)c2ccccc2)OC(=O)c2ccccc2)[C@@H]([C@@H](COC(=O)c2ccccc2)OC(=O)c2ccccc2)O1. The molecule has 0 aromatic heterocycles. The summed E-state index contributed by atoms with van der Waals surface area (Å²) >= 11 is 0. The first-order valence-corrected chi connectivity index (χ1v) is 15.0. The molecule has 0 unspecified atom stereocenters. The van der Waals surface area contributed by atoms with E-state index in [0.717, 1.165) is 0 Å². The molecule has 10 heteroatoms. The van der Waals surface area contributed by atoms with Gasteiger partial charge in [0.05, 0.1) is 22.3 Å². The third kappa shape index (κ3) is 8.90. The third-order valence-corrected chi connectivity index (χ3v) is 7.21. The van der Waals surface area contributed by atoms with Gasteiger partial charge in [-0.2, -0.15) is 0 Å². The predicted octanol–water partition coefficient (Wildman–Crippen LogP) is 5.67. The summed E-state index contributed by atoms with van der Waals surface area (Å²) < 4.78 is 35.5. The molecule has 0 spiro atoms. The van der Waals surface area contributed by atoms with E-state index in [-0.39, 0.29) is 11.1 Å². The van der Waals surface area contributed by atoms with Crippen molar-refractivity contribution in [2.45, 2.75) is 44.1 Å². The molecule has 1 heterocycles. The van der Waals surface area contributed by atoms with Crippen LogP contribution in [0.25, 0.3) is 0 Å². The molecule has 4 aromatic rings. The lowest BCUT2D eigenvalue weighted by atomic mass is 10.0. The van der Waals surface area contributed by atoms with E-state index in [2.05, 4.69) is 0 Å². The first-order valence-electron chi connectivity index (χ1n) is 15.0. The van der Waals surface area contributed by atoms with Crippen LogP contribution < -0.4 is 0 Å². The molecule has 1 aliphatic rings. The molecule has 0 bridgehead atoms. The zero-order chi connectivity index (χ0) is 33.2. The molecule has 5 rings (SSSR count). The second-order valence-corrected chi connectivity index (χ2v) is 11.1. The molecule has 4 aromatic carbocycles. The fraction of sp³-hybridized carbons (Fsp3) is 0.243. The Hall–Kier alpha value is -5.32. The number of hydrogen-bond acceptors (Lipinski definition) is 10. The maximum absolute atomic E-state index is 13.3. The summed E-state index contributed by atoms with van der Waals surface area (Å²) in [6, 6.07) is 33.2. The lowest BCUT2D eigenvalue weighted by Gasteiger charge is -2.30. The van der Waals surface area contributed by atoms with Crippen molar-refractivity contribution in [3.63, 3.8) is 0 Å². The largest absolute Gasteiger partial charge is 0.458 e. The fourth-order valence-electron chi connectivity index (χ4n) is 4.97. The first-order chi connectivity index (χ1) is 22.7. The van der Waals surface area contributed by atoms with Gasteiger partial charge in [0.25, 0.3) is 0 Å². The minimum Gasteiger partial charge on any atom is -0.458 e. The van der Waals surface area contributed by atoms with Crippen LogP contribution in [0.4, 0.5) is 0 Å². The highest BCUT2D eigenvalue weighted by molar-refractivity contribution is 5.91. The van der Waals surface area contributed by atoms with Crippen LogP contribution in [0, 0.1) is 0 Å². The standard InChI is InChI=1S/C37H34O10/c1-37(2)46-31(29(44-35(40)27-19-11-5-12-20-27)23-42-33(38)25-15-7-3-8-16-25)32(47-37)30(45-36(41)28-21-13-6-14-22-28)24-43-34(39)26-17-9-4-10-18-26/h3-22,29-32H,23-24H2,1-2H3/t29-,30-,31-,32+/m1/s1. The molecule has 1 saturated heterocycles.